The van der Waals surface area contributed by atoms with Crippen LogP contribution in [0.5, 0.6) is 0 Å². The number of piperidine rings is 1. The molecule has 0 aromatic carbocycles. The number of carbonyl (C=O) groups excluding carboxylic acids is 1. The molecule has 32 heavy (non-hydrogen) atoms. The quantitative estimate of drug-likeness (QED) is 0.674. The lowest BCUT2D eigenvalue weighted by Crippen LogP contribution is -2.47. The lowest BCUT2D eigenvalue weighted by atomic mass is 9.76. The summed E-state index contributed by atoms with van der Waals surface area (Å²) in [5, 5.41) is 7.12. The van der Waals surface area contributed by atoms with E-state index in [4.69, 9.17) is 19.4 Å². The molecule has 1 amide bonds. The zero-order valence-corrected chi connectivity index (χ0v) is 18.7. The summed E-state index contributed by atoms with van der Waals surface area (Å²) in [5.74, 6) is -1.23. The van der Waals surface area contributed by atoms with Crippen LogP contribution in [-0.2, 0) is 19.1 Å². The predicted molar refractivity (Wildman–Crippen MR) is 110 cm³/mol. The standard InChI is InChI=1S/C20H34N2O3.C2HF3O2/c1-24-14-18-12-20(15-22(18)13-16-2-3-16)6-8-21(9-7-20)19(23)17-4-10-25-11-5-17;3-2(4,5)1(6)7/h16-18H,2-15H2,1H3;(H,6,7). The van der Waals surface area contributed by atoms with Crippen molar-refractivity contribution >= 4 is 11.9 Å². The van der Waals surface area contributed by atoms with Gasteiger partial charge >= 0.3 is 12.1 Å². The normalized spacial score (nSPS) is 26.6. The number of methoxy groups -OCH3 is 1. The summed E-state index contributed by atoms with van der Waals surface area (Å²) < 4.78 is 42.7. The van der Waals surface area contributed by atoms with Gasteiger partial charge in [0.05, 0.1) is 6.61 Å². The van der Waals surface area contributed by atoms with E-state index in [9.17, 15) is 18.0 Å². The third-order valence-corrected chi connectivity index (χ3v) is 7.22. The van der Waals surface area contributed by atoms with Gasteiger partial charge in [-0.25, -0.2) is 4.79 Å². The molecule has 4 fully saturated rings. The molecular formula is C22H35F3N2O5. The van der Waals surface area contributed by atoms with Gasteiger partial charge in [-0.2, -0.15) is 13.2 Å². The van der Waals surface area contributed by atoms with E-state index in [2.05, 4.69) is 9.80 Å². The van der Waals surface area contributed by atoms with Gasteiger partial charge in [0.25, 0.3) is 0 Å². The lowest BCUT2D eigenvalue weighted by Gasteiger charge is -2.41. The van der Waals surface area contributed by atoms with Crippen molar-refractivity contribution in [1.29, 1.82) is 0 Å². The molecule has 4 aliphatic rings. The highest BCUT2D eigenvalue weighted by Gasteiger charge is 2.47. The van der Waals surface area contributed by atoms with Gasteiger partial charge in [0, 0.05) is 58.5 Å². The molecule has 1 saturated carbocycles. The topological polar surface area (TPSA) is 79.3 Å². The van der Waals surface area contributed by atoms with Crippen LogP contribution in [0.3, 0.4) is 0 Å². The molecular weight excluding hydrogens is 429 g/mol. The minimum absolute atomic E-state index is 0.207. The molecule has 0 aromatic rings. The average Bonchev–Trinajstić information content (AvgIpc) is 3.52. The molecule has 1 aliphatic carbocycles. The second-order valence-electron chi connectivity index (χ2n) is 9.70. The van der Waals surface area contributed by atoms with Crippen molar-refractivity contribution in [3.8, 4) is 0 Å². The molecule has 1 atom stereocenters. The Balaban J connectivity index is 0.000000360. The zero-order chi connectivity index (χ0) is 23.4. The van der Waals surface area contributed by atoms with Gasteiger partial charge in [-0.3, -0.25) is 9.69 Å². The molecule has 1 spiro atoms. The van der Waals surface area contributed by atoms with Crippen molar-refractivity contribution in [3.05, 3.63) is 0 Å². The second-order valence-corrected chi connectivity index (χ2v) is 9.70. The summed E-state index contributed by atoms with van der Waals surface area (Å²) in [6, 6.07) is 0.586. The first-order chi connectivity index (χ1) is 15.1. The number of hydrogen-bond acceptors (Lipinski definition) is 5. The second kappa shape index (κ2) is 10.7. The molecule has 0 aromatic heterocycles. The predicted octanol–water partition coefficient (Wildman–Crippen LogP) is 2.79. The minimum atomic E-state index is -5.08. The van der Waals surface area contributed by atoms with Crippen LogP contribution >= 0.6 is 0 Å². The van der Waals surface area contributed by atoms with Crippen LogP contribution in [-0.4, -0.2) is 92.1 Å². The van der Waals surface area contributed by atoms with Crippen LogP contribution in [0, 0.1) is 17.3 Å². The van der Waals surface area contributed by atoms with Crippen LogP contribution in [0.25, 0.3) is 0 Å². The largest absolute Gasteiger partial charge is 0.490 e. The van der Waals surface area contributed by atoms with E-state index in [-0.39, 0.29) is 5.92 Å². The first-order valence-electron chi connectivity index (χ1n) is 11.5. The number of carboxylic acid groups (broad SMARTS) is 1. The van der Waals surface area contributed by atoms with Crippen LogP contribution in [0.4, 0.5) is 13.2 Å². The molecule has 7 nitrogen and oxygen atoms in total. The summed E-state index contributed by atoms with van der Waals surface area (Å²) in [5.41, 5.74) is 0.421. The van der Waals surface area contributed by atoms with Crippen molar-refractivity contribution in [2.24, 2.45) is 17.3 Å². The van der Waals surface area contributed by atoms with Crippen molar-refractivity contribution in [1.82, 2.24) is 9.80 Å². The van der Waals surface area contributed by atoms with E-state index in [1.807, 2.05) is 7.11 Å². The molecule has 1 N–H and O–H groups in total. The van der Waals surface area contributed by atoms with Crippen molar-refractivity contribution in [3.63, 3.8) is 0 Å². The fourth-order valence-corrected chi connectivity index (χ4v) is 5.22. The van der Waals surface area contributed by atoms with E-state index < -0.39 is 12.1 Å². The number of alkyl halides is 3. The molecule has 3 aliphatic heterocycles. The first kappa shape index (κ1) is 25.2. The maximum atomic E-state index is 12.8. The summed E-state index contributed by atoms with van der Waals surface area (Å²) in [6.07, 6.45) is 3.16. The average molecular weight is 465 g/mol. The number of amides is 1. The number of aliphatic carboxylic acids is 1. The van der Waals surface area contributed by atoms with Gasteiger partial charge < -0.3 is 19.5 Å². The van der Waals surface area contributed by atoms with Crippen molar-refractivity contribution < 1.29 is 37.3 Å². The third kappa shape index (κ3) is 6.81. The number of rotatable bonds is 5. The smallest absolute Gasteiger partial charge is 0.475 e. The van der Waals surface area contributed by atoms with Gasteiger partial charge in [-0.15, -0.1) is 0 Å². The van der Waals surface area contributed by atoms with Gasteiger partial charge in [0.15, 0.2) is 0 Å². The number of carbonyl (C=O) groups is 2. The Bertz CT molecular complexity index is 642. The Labute approximate surface area is 187 Å². The molecule has 0 radical (unpaired) electrons. The van der Waals surface area contributed by atoms with E-state index in [1.165, 1.54) is 45.2 Å². The third-order valence-electron chi connectivity index (χ3n) is 7.22. The lowest BCUT2D eigenvalue weighted by molar-refractivity contribution is -0.192. The number of nitrogens with zero attached hydrogens (tertiary/aromatic N) is 2. The van der Waals surface area contributed by atoms with E-state index in [1.54, 1.807) is 0 Å². The first-order valence-corrected chi connectivity index (χ1v) is 11.5. The number of ether oxygens (including phenoxy) is 2. The molecule has 3 saturated heterocycles. The van der Waals surface area contributed by atoms with Crippen LogP contribution < -0.4 is 0 Å². The van der Waals surface area contributed by atoms with Crippen molar-refractivity contribution in [2.45, 2.75) is 57.2 Å². The molecule has 10 heteroatoms. The van der Waals surface area contributed by atoms with Crippen LogP contribution in [0.1, 0.15) is 44.9 Å². The van der Waals surface area contributed by atoms with Crippen LogP contribution in [0.2, 0.25) is 0 Å². The summed E-state index contributed by atoms with van der Waals surface area (Å²) >= 11 is 0. The highest BCUT2D eigenvalue weighted by Crippen LogP contribution is 2.45. The minimum Gasteiger partial charge on any atom is -0.475 e. The highest BCUT2D eigenvalue weighted by atomic mass is 19.4. The highest BCUT2D eigenvalue weighted by molar-refractivity contribution is 5.79. The molecule has 1 unspecified atom stereocenters. The molecule has 4 rings (SSSR count). The molecule has 0 bridgehead atoms. The number of likely N-dealkylation sites (tertiary alicyclic amines) is 2. The fraction of sp³-hybridized carbons (Fsp3) is 0.909. The Hall–Kier alpha value is -1.39. The van der Waals surface area contributed by atoms with Gasteiger partial charge in [0.1, 0.15) is 0 Å². The molecule has 3 heterocycles. The molecule has 184 valence electrons. The van der Waals surface area contributed by atoms with E-state index in [0.29, 0.717) is 17.4 Å². The summed E-state index contributed by atoms with van der Waals surface area (Å²) in [7, 11) is 1.83. The zero-order valence-electron chi connectivity index (χ0n) is 18.7. The van der Waals surface area contributed by atoms with E-state index >= 15 is 0 Å². The Morgan fingerprint density at radius 2 is 1.72 bits per heavy atom. The van der Waals surface area contributed by atoms with Crippen molar-refractivity contribution in [2.75, 3.05) is 53.1 Å². The maximum absolute atomic E-state index is 12.8. The van der Waals surface area contributed by atoms with Crippen LogP contribution in [0.15, 0.2) is 0 Å². The summed E-state index contributed by atoms with van der Waals surface area (Å²) in [6.45, 7) is 6.75. The Morgan fingerprint density at radius 1 is 1.12 bits per heavy atom. The SMILES string of the molecule is COCC1CC2(CCN(C(=O)C3CCOCC3)CC2)CN1CC1CC1.O=C(O)C(F)(F)F. The maximum Gasteiger partial charge on any atom is 0.490 e. The van der Waals surface area contributed by atoms with Gasteiger partial charge in [0.2, 0.25) is 5.91 Å². The number of carboxylic acids is 1. The van der Waals surface area contributed by atoms with Gasteiger partial charge in [-0.1, -0.05) is 0 Å². The Morgan fingerprint density at radius 3 is 2.22 bits per heavy atom. The van der Waals surface area contributed by atoms with Gasteiger partial charge in [-0.05, 0) is 56.3 Å². The number of hydrogen-bond donors (Lipinski definition) is 1. The van der Waals surface area contributed by atoms with E-state index in [0.717, 1.165) is 51.7 Å². The number of halogens is 3. The fourth-order valence-electron chi connectivity index (χ4n) is 5.22. The Kier molecular flexibility index (Phi) is 8.43. The summed E-state index contributed by atoms with van der Waals surface area (Å²) in [4.78, 5) is 26.5. The monoisotopic (exact) mass is 464 g/mol.